The van der Waals surface area contributed by atoms with Crippen molar-refractivity contribution in [3.05, 3.63) is 106 Å². The van der Waals surface area contributed by atoms with Crippen molar-refractivity contribution in [2.75, 3.05) is 11.4 Å². The number of benzene rings is 3. The summed E-state index contributed by atoms with van der Waals surface area (Å²) in [6, 6.07) is 17.7. The average Bonchev–Trinajstić information content (AvgIpc) is 3.33. The number of aromatic nitrogens is 3. The molecule has 0 spiro atoms. The van der Waals surface area contributed by atoms with Crippen molar-refractivity contribution >= 4 is 28.1 Å². The second-order valence-corrected chi connectivity index (χ2v) is 8.42. The molecule has 6 rings (SSSR count). The van der Waals surface area contributed by atoms with Gasteiger partial charge in [0.25, 0.3) is 5.69 Å². The highest BCUT2D eigenvalue weighted by Crippen LogP contribution is 2.40. The fourth-order valence-corrected chi connectivity index (χ4v) is 4.56. The van der Waals surface area contributed by atoms with E-state index in [4.69, 9.17) is 9.97 Å². The molecular weight excluding hydrogens is 464 g/mol. The number of nitro benzene ring substituents is 1. The summed E-state index contributed by atoms with van der Waals surface area (Å²) in [5, 5.41) is 11.9. The number of rotatable bonds is 4. The van der Waals surface area contributed by atoms with Gasteiger partial charge in [-0.3, -0.25) is 15.1 Å². The van der Waals surface area contributed by atoms with Crippen LogP contribution in [0.2, 0.25) is 0 Å². The molecular formula is C27H17F2N5O2. The zero-order valence-electron chi connectivity index (χ0n) is 18.7. The molecule has 5 aromatic rings. The molecule has 9 heteroatoms. The Morgan fingerprint density at radius 1 is 0.944 bits per heavy atom. The van der Waals surface area contributed by atoms with Crippen LogP contribution < -0.4 is 4.90 Å². The summed E-state index contributed by atoms with van der Waals surface area (Å²) in [5.74, 6) is -0.813. The van der Waals surface area contributed by atoms with Gasteiger partial charge >= 0.3 is 0 Å². The summed E-state index contributed by atoms with van der Waals surface area (Å²) in [7, 11) is 0. The first kappa shape index (κ1) is 21.7. The van der Waals surface area contributed by atoms with Crippen molar-refractivity contribution in [1.29, 1.82) is 0 Å². The van der Waals surface area contributed by atoms with E-state index >= 15 is 0 Å². The van der Waals surface area contributed by atoms with E-state index in [9.17, 15) is 18.9 Å². The van der Waals surface area contributed by atoms with E-state index in [0.29, 0.717) is 41.1 Å². The maximum absolute atomic E-state index is 14.6. The molecule has 1 aliphatic heterocycles. The standard InChI is InChI=1S/C27H17F2N5O2/c28-22-5-1-4-20(25(22)29)16-6-8-23-21(14-16)27(32-26(31-23)18-3-2-11-30-15-18)33-12-10-17-13-19(34(35)36)7-9-24(17)33/h1-9,11,13-15H,10,12H2. The lowest BCUT2D eigenvalue weighted by molar-refractivity contribution is -0.384. The average molecular weight is 481 g/mol. The lowest BCUT2D eigenvalue weighted by atomic mass is 10.0. The molecule has 0 atom stereocenters. The monoisotopic (exact) mass is 481 g/mol. The van der Waals surface area contributed by atoms with Gasteiger partial charge in [0.15, 0.2) is 17.5 Å². The summed E-state index contributed by atoms with van der Waals surface area (Å²) < 4.78 is 28.5. The molecule has 3 aromatic carbocycles. The van der Waals surface area contributed by atoms with Crippen LogP contribution >= 0.6 is 0 Å². The molecule has 0 radical (unpaired) electrons. The number of hydrogen-bond acceptors (Lipinski definition) is 6. The number of halogens is 2. The summed E-state index contributed by atoms with van der Waals surface area (Å²) in [6.45, 7) is 0.549. The largest absolute Gasteiger partial charge is 0.325 e. The highest BCUT2D eigenvalue weighted by atomic mass is 19.2. The van der Waals surface area contributed by atoms with Crippen LogP contribution in [-0.4, -0.2) is 26.4 Å². The molecule has 36 heavy (non-hydrogen) atoms. The molecule has 7 nitrogen and oxygen atoms in total. The van der Waals surface area contributed by atoms with Crippen molar-refractivity contribution in [2.24, 2.45) is 0 Å². The van der Waals surface area contributed by atoms with Crippen LogP contribution in [0.1, 0.15) is 5.56 Å². The smallest absolute Gasteiger partial charge is 0.269 e. The molecule has 0 saturated heterocycles. The van der Waals surface area contributed by atoms with Crippen LogP contribution in [0.3, 0.4) is 0 Å². The van der Waals surface area contributed by atoms with Crippen LogP contribution in [-0.2, 0) is 6.42 Å². The first-order chi connectivity index (χ1) is 17.5. The van der Waals surface area contributed by atoms with E-state index in [1.807, 2.05) is 11.0 Å². The quantitative estimate of drug-likeness (QED) is 0.223. The van der Waals surface area contributed by atoms with E-state index in [2.05, 4.69) is 4.98 Å². The SMILES string of the molecule is O=[N+]([O-])c1ccc2c(c1)CCN2c1nc(-c2cccnc2)nc2ccc(-c3cccc(F)c3F)cc12. The lowest BCUT2D eigenvalue weighted by Crippen LogP contribution is -2.16. The minimum Gasteiger partial charge on any atom is -0.325 e. The lowest BCUT2D eigenvalue weighted by Gasteiger charge is -2.21. The Labute approximate surface area is 203 Å². The Kier molecular flexibility index (Phi) is 5.10. The maximum Gasteiger partial charge on any atom is 0.269 e. The van der Waals surface area contributed by atoms with Gasteiger partial charge in [-0.1, -0.05) is 18.2 Å². The Balaban J connectivity index is 1.57. The van der Waals surface area contributed by atoms with E-state index in [-0.39, 0.29) is 11.3 Å². The zero-order valence-corrected chi connectivity index (χ0v) is 18.7. The molecule has 0 saturated carbocycles. The van der Waals surface area contributed by atoms with Gasteiger partial charge in [-0.15, -0.1) is 0 Å². The predicted molar refractivity (Wildman–Crippen MR) is 132 cm³/mol. The second kappa shape index (κ2) is 8.46. The van der Waals surface area contributed by atoms with Gasteiger partial charge in [-0.2, -0.15) is 0 Å². The molecule has 176 valence electrons. The number of hydrogen-bond donors (Lipinski definition) is 0. The highest BCUT2D eigenvalue weighted by molar-refractivity contribution is 5.96. The van der Waals surface area contributed by atoms with Gasteiger partial charge in [0.05, 0.1) is 10.4 Å². The van der Waals surface area contributed by atoms with Gasteiger partial charge < -0.3 is 4.90 Å². The topological polar surface area (TPSA) is 85.0 Å². The highest BCUT2D eigenvalue weighted by Gasteiger charge is 2.26. The maximum atomic E-state index is 14.6. The van der Waals surface area contributed by atoms with Crippen LogP contribution in [0.25, 0.3) is 33.4 Å². The second-order valence-electron chi connectivity index (χ2n) is 8.42. The van der Waals surface area contributed by atoms with Gasteiger partial charge in [0, 0.05) is 53.3 Å². The Morgan fingerprint density at radius 2 is 1.83 bits per heavy atom. The van der Waals surface area contributed by atoms with E-state index in [1.165, 1.54) is 18.2 Å². The van der Waals surface area contributed by atoms with E-state index < -0.39 is 16.6 Å². The van der Waals surface area contributed by atoms with Gasteiger partial charge in [-0.25, -0.2) is 18.7 Å². The molecule has 0 N–H and O–H groups in total. The predicted octanol–water partition coefficient (Wildman–Crippen LogP) is 6.24. The fourth-order valence-electron chi connectivity index (χ4n) is 4.56. The Bertz CT molecular complexity index is 1660. The number of nitrogens with zero attached hydrogens (tertiary/aromatic N) is 5. The van der Waals surface area contributed by atoms with Gasteiger partial charge in [0.2, 0.25) is 0 Å². The summed E-state index contributed by atoms with van der Waals surface area (Å²) in [4.78, 5) is 26.6. The number of fused-ring (bicyclic) bond motifs is 2. The van der Waals surface area contributed by atoms with Crippen LogP contribution in [0.5, 0.6) is 0 Å². The minimum absolute atomic E-state index is 0.0306. The third-order valence-corrected chi connectivity index (χ3v) is 6.28. The van der Waals surface area contributed by atoms with Gasteiger partial charge in [-0.05, 0) is 53.9 Å². The number of anilines is 2. The Morgan fingerprint density at radius 3 is 2.64 bits per heavy atom. The number of nitro groups is 1. The molecule has 2 aromatic heterocycles. The van der Waals surface area contributed by atoms with Crippen LogP contribution in [0.15, 0.2) is 79.1 Å². The van der Waals surface area contributed by atoms with E-state index in [0.717, 1.165) is 22.9 Å². The summed E-state index contributed by atoms with van der Waals surface area (Å²) in [6.07, 6.45) is 3.93. The first-order valence-corrected chi connectivity index (χ1v) is 11.2. The minimum atomic E-state index is -0.926. The molecule has 1 aliphatic rings. The van der Waals surface area contributed by atoms with E-state index in [1.54, 1.807) is 48.8 Å². The molecule has 0 amide bonds. The molecule has 0 fully saturated rings. The zero-order chi connectivity index (χ0) is 24.8. The van der Waals surface area contributed by atoms with Crippen molar-refractivity contribution in [3.63, 3.8) is 0 Å². The van der Waals surface area contributed by atoms with Crippen molar-refractivity contribution in [3.8, 4) is 22.5 Å². The number of pyridine rings is 1. The third kappa shape index (κ3) is 3.61. The normalized spacial score (nSPS) is 12.7. The summed E-state index contributed by atoms with van der Waals surface area (Å²) in [5.41, 5.74) is 3.64. The molecule has 0 bridgehead atoms. The fraction of sp³-hybridized carbons (Fsp3) is 0.0741. The van der Waals surface area contributed by atoms with Crippen molar-refractivity contribution in [1.82, 2.24) is 15.0 Å². The first-order valence-electron chi connectivity index (χ1n) is 11.2. The molecule has 3 heterocycles. The third-order valence-electron chi connectivity index (χ3n) is 6.28. The van der Waals surface area contributed by atoms with Crippen molar-refractivity contribution < 1.29 is 13.7 Å². The molecule has 0 unspecified atom stereocenters. The van der Waals surface area contributed by atoms with Crippen LogP contribution in [0.4, 0.5) is 26.0 Å². The summed E-state index contributed by atoms with van der Waals surface area (Å²) >= 11 is 0. The number of non-ortho nitro benzene ring substituents is 1. The Hall–Kier alpha value is -4.79. The van der Waals surface area contributed by atoms with Crippen molar-refractivity contribution in [2.45, 2.75) is 6.42 Å². The van der Waals surface area contributed by atoms with Crippen LogP contribution in [0, 0.1) is 21.7 Å². The molecule has 0 aliphatic carbocycles. The van der Waals surface area contributed by atoms with Gasteiger partial charge in [0.1, 0.15) is 5.82 Å².